The average molecular weight is 426 g/mol. The summed E-state index contributed by atoms with van der Waals surface area (Å²) in [7, 11) is -3.47. The van der Waals surface area contributed by atoms with Crippen molar-refractivity contribution in [2.45, 2.75) is 26.1 Å². The lowest BCUT2D eigenvalue weighted by molar-refractivity contribution is -0.00517. The number of piperazine rings is 1. The third kappa shape index (κ3) is 6.30. The topological polar surface area (TPSA) is 108 Å². The summed E-state index contributed by atoms with van der Waals surface area (Å²) in [6, 6.07) is 7.68. The number of anilines is 2. The quantitative estimate of drug-likeness (QED) is 0.720. The Morgan fingerprint density at radius 1 is 1.14 bits per heavy atom. The highest BCUT2D eigenvalue weighted by molar-refractivity contribution is 7.89. The fraction of sp³-hybridized carbons (Fsp3) is 0.632. The van der Waals surface area contributed by atoms with Gasteiger partial charge in [0.1, 0.15) is 0 Å². The number of para-hydroxylation sites is 2. The molecule has 2 amide bonds. The Kier molecular flexibility index (Phi) is 6.99. The van der Waals surface area contributed by atoms with Gasteiger partial charge in [0.05, 0.1) is 29.3 Å². The van der Waals surface area contributed by atoms with E-state index in [0.717, 1.165) is 24.5 Å². The van der Waals surface area contributed by atoms with Crippen LogP contribution >= 0.6 is 0 Å². The van der Waals surface area contributed by atoms with Crippen molar-refractivity contribution in [2.24, 2.45) is 5.14 Å². The second-order valence-corrected chi connectivity index (χ2v) is 9.54. The number of carbonyl (C=O) groups excluding carboxylic acids is 1. The molecule has 10 heteroatoms. The van der Waals surface area contributed by atoms with E-state index in [1.165, 1.54) is 0 Å². The van der Waals surface area contributed by atoms with Crippen LogP contribution in [-0.4, -0.2) is 88.0 Å². The van der Waals surface area contributed by atoms with Crippen LogP contribution in [-0.2, 0) is 14.8 Å². The Bertz CT molecular complexity index is 801. The van der Waals surface area contributed by atoms with E-state index in [9.17, 15) is 13.2 Å². The predicted molar refractivity (Wildman–Crippen MR) is 114 cm³/mol. The van der Waals surface area contributed by atoms with Gasteiger partial charge in [0.15, 0.2) is 0 Å². The highest BCUT2D eigenvalue weighted by Gasteiger charge is 2.26. The number of ether oxygens (including phenoxy) is 1. The number of nitrogens with zero attached hydrogens (tertiary/aromatic N) is 3. The zero-order valence-electron chi connectivity index (χ0n) is 17.1. The van der Waals surface area contributed by atoms with Crippen LogP contribution in [0.15, 0.2) is 24.3 Å². The number of carbonyl (C=O) groups is 1. The van der Waals surface area contributed by atoms with E-state index >= 15 is 0 Å². The molecule has 0 radical (unpaired) electrons. The SMILES string of the molecule is C[C@@H]1CN(c2ccccc2NC(=O)N2CCN(CCS(N)(=O)=O)CC2)C[C@@H](C)O1. The van der Waals surface area contributed by atoms with Crippen molar-refractivity contribution in [2.75, 3.05) is 61.8 Å². The van der Waals surface area contributed by atoms with E-state index in [2.05, 4.69) is 24.1 Å². The number of nitrogens with one attached hydrogen (secondary N) is 1. The summed E-state index contributed by atoms with van der Waals surface area (Å²) in [5.41, 5.74) is 1.78. The number of hydrogen-bond donors (Lipinski definition) is 2. The molecular weight excluding hydrogens is 394 g/mol. The van der Waals surface area contributed by atoms with Gasteiger partial charge in [-0.3, -0.25) is 4.90 Å². The second kappa shape index (κ2) is 9.29. The number of rotatable bonds is 5. The molecule has 3 rings (SSSR count). The first-order valence-electron chi connectivity index (χ1n) is 9.99. The highest BCUT2D eigenvalue weighted by atomic mass is 32.2. The number of amides is 2. The van der Waals surface area contributed by atoms with E-state index < -0.39 is 10.0 Å². The number of primary sulfonamides is 1. The van der Waals surface area contributed by atoms with Crippen molar-refractivity contribution in [1.82, 2.24) is 9.80 Å². The van der Waals surface area contributed by atoms with Crippen molar-refractivity contribution < 1.29 is 17.9 Å². The van der Waals surface area contributed by atoms with Crippen LogP contribution in [0, 0.1) is 0 Å². The van der Waals surface area contributed by atoms with Gasteiger partial charge >= 0.3 is 6.03 Å². The van der Waals surface area contributed by atoms with Gasteiger partial charge in [-0.15, -0.1) is 0 Å². The third-order valence-corrected chi connectivity index (χ3v) is 6.01. The van der Waals surface area contributed by atoms with Crippen molar-refractivity contribution in [3.63, 3.8) is 0 Å². The molecule has 3 N–H and O–H groups in total. The Balaban J connectivity index is 1.58. The number of sulfonamides is 1. The van der Waals surface area contributed by atoms with Crippen molar-refractivity contribution in [1.29, 1.82) is 0 Å². The Morgan fingerprint density at radius 3 is 2.38 bits per heavy atom. The standard InChI is InChI=1S/C19H31N5O4S/c1-15-13-24(14-16(2)28-15)18-6-4-3-5-17(18)21-19(25)23-9-7-22(8-10-23)11-12-29(20,26)27/h3-6,15-16H,7-14H2,1-2H3,(H,21,25)(H2,20,26,27)/t15-,16-/m1/s1. The molecule has 2 atom stereocenters. The predicted octanol–water partition coefficient (Wildman–Crippen LogP) is 0.738. The molecule has 0 bridgehead atoms. The summed E-state index contributed by atoms with van der Waals surface area (Å²) >= 11 is 0. The average Bonchev–Trinajstić information content (AvgIpc) is 2.66. The molecule has 2 fully saturated rings. The first-order valence-corrected chi connectivity index (χ1v) is 11.7. The molecular formula is C19H31N5O4S. The minimum absolute atomic E-state index is 0.0665. The molecule has 0 spiro atoms. The molecule has 2 aliphatic rings. The molecule has 29 heavy (non-hydrogen) atoms. The Morgan fingerprint density at radius 2 is 1.76 bits per heavy atom. The number of hydrogen-bond acceptors (Lipinski definition) is 6. The van der Waals surface area contributed by atoms with Crippen LogP contribution in [0.3, 0.4) is 0 Å². The highest BCUT2D eigenvalue weighted by Crippen LogP contribution is 2.28. The summed E-state index contributed by atoms with van der Waals surface area (Å²) in [5, 5.41) is 8.11. The molecule has 2 aliphatic heterocycles. The van der Waals surface area contributed by atoms with E-state index in [0.29, 0.717) is 32.7 Å². The van der Waals surface area contributed by atoms with Gasteiger partial charge in [0, 0.05) is 45.8 Å². The normalized spacial score (nSPS) is 23.8. The van der Waals surface area contributed by atoms with Crippen molar-refractivity contribution in [3.05, 3.63) is 24.3 Å². The smallest absolute Gasteiger partial charge is 0.321 e. The molecule has 2 heterocycles. The molecule has 1 aromatic carbocycles. The summed E-state index contributed by atoms with van der Waals surface area (Å²) in [4.78, 5) is 18.8. The molecule has 0 aromatic heterocycles. The van der Waals surface area contributed by atoms with Crippen LogP contribution in [0.4, 0.5) is 16.2 Å². The Hall–Kier alpha value is -1.88. The number of nitrogens with two attached hydrogens (primary N) is 1. The van der Waals surface area contributed by atoms with Gasteiger partial charge in [0.25, 0.3) is 0 Å². The van der Waals surface area contributed by atoms with E-state index in [-0.39, 0.29) is 24.0 Å². The summed E-state index contributed by atoms with van der Waals surface area (Å²) < 4.78 is 28.1. The van der Waals surface area contributed by atoms with E-state index in [1.807, 2.05) is 29.2 Å². The van der Waals surface area contributed by atoms with Gasteiger partial charge < -0.3 is 19.9 Å². The van der Waals surface area contributed by atoms with E-state index in [1.54, 1.807) is 4.90 Å². The molecule has 0 unspecified atom stereocenters. The van der Waals surface area contributed by atoms with Gasteiger partial charge in [-0.1, -0.05) is 12.1 Å². The number of morpholine rings is 1. The molecule has 2 saturated heterocycles. The second-order valence-electron chi connectivity index (χ2n) is 7.81. The van der Waals surface area contributed by atoms with Gasteiger partial charge in [0.2, 0.25) is 10.0 Å². The summed E-state index contributed by atoms with van der Waals surface area (Å²) in [5.74, 6) is -0.0665. The van der Waals surface area contributed by atoms with Crippen LogP contribution in [0.25, 0.3) is 0 Å². The van der Waals surface area contributed by atoms with Gasteiger partial charge in [-0.25, -0.2) is 18.4 Å². The maximum absolute atomic E-state index is 12.8. The summed E-state index contributed by atoms with van der Waals surface area (Å²) in [6.45, 7) is 8.41. The Labute approximate surface area is 172 Å². The first-order chi connectivity index (χ1) is 13.7. The fourth-order valence-electron chi connectivity index (χ4n) is 3.85. The molecule has 1 aromatic rings. The molecule has 0 aliphatic carbocycles. The lowest BCUT2D eigenvalue weighted by atomic mass is 10.1. The monoisotopic (exact) mass is 425 g/mol. The number of urea groups is 1. The van der Waals surface area contributed by atoms with Gasteiger partial charge in [-0.05, 0) is 26.0 Å². The minimum Gasteiger partial charge on any atom is -0.372 e. The van der Waals surface area contributed by atoms with Crippen molar-refractivity contribution >= 4 is 27.4 Å². The lowest BCUT2D eigenvalue weighted by Gasteiger charge is -2.38. The van der Waals surface area contributed by atoms with Crippen LogP contribution in [0.2, 0.25) is 0 Å². The zero-order valence-corrected chi connectivity index (χ0v) is 17.9. The lowest BCUT2D eigenvalue weighted by Crippen LogP contribution is -2.51. The van der Waals surface area contributed by atoms with Crippen molar-refractivity contribution in [3.8, 4) is 0 Å². The van der Waals surface area contributed by atoms with Crippen LogP contribution in [0.5, 0.6) is 0 Å². The third-order valence-electron chi connectivity index (χ3n) is 5.26. The van der Waals surface area contributed by atoms with Crippen LogP contribution < -0.4 is 15.4 Å². The summed E-state index contributed by atoms with van der Waals surface area (Å²) in [6.07, 6.45) is 0.265. The number of benzene rings is 1. The maximum atomic E-state index is 12.8. The zero-order chi connectivity index (χ0) is 21.0. The maximum Gasteiger partial charge on any atom is 0.321 e. The van der Waals surface area contributed by atoms with Crippen LogP contribution in [0.1, 0.15) is 13.8 Å². The minimum atomic E-state index is -3.47. The fourth-order valence-corrected chi connectivity index (χ4v) is 4.37. The molecule has 9 nitrogen and oxygen atoms in total. The van der Waals surface area contributed by atoms with E-state index in [4.69, 9.17) is 9.88 Å². The van der Waals surface area contributed by atoms with Gasteiger partial charge in [-0.2, -0.15) is 0 Å². The molecule has 0 saturated carbocycles. The largest absolute Gasteiger partial charge is 0.372 e. The first kappa shape index (κ1) is 21.8. The molecule has 162 valence electrons.